The standard InChI is InChI=1S/C8H8F3NO4S2/c1-18(13,14)16-6-4-15-8(12-6)17-3-2-5(9)7(10)11/h4H,2-3H2,1H3. The number of hydrogen-bond donors (Lipinski definition) is 0. The molecule has 0 aliphatic carbocycles. The lowest BCUT2D eigenvalue weighted by molar-refractivity contribution is 0.373. The van der Waals surface area contributed by atoms with Gasteiger partial charge in [-0.15, -0.1) is 0 Å². The molecule has 10 heteroatoms. The molecule has 0 atom stereocenters. The molecule has 1 aromatic rings. The van der Waals surface area contributed by atoms with Gasteiger partial charge in [0.05, 0.1) is 6.26 Å². The second-order valence-corrected chi connectivity index (χ2v) is 5.62. The number of allylic oxidation sites excluding steroid dienone is 1. The fraction of sp³-hybridized carbons (Fsp3) is 0.375. The van der Waals surface area contributed by atoms with Crippen LogP contribution in [0.15, 0.2) is 27.8 Å². The molecule has 102 valence electrons. The topological polar surface area (TPSA) is 69.4 Å². The van der Waals surface area contributed by atoms with Crippen LogP contribution in [0.25, 0.3) is 0 Å². The van der Waals surface area contributed by atoms with Gasteiger partial charge in [-0.3, -0.25) is 0 Å². The molecular weight excluding hydrogens is 295 g/mol. The first-order chi connectivity index (χ1) is 8.28. The molecule has 0 radical (unpaired) electrons. The maximum absolute atomic E-state index is 12.4. The van der Waals surface area contributed by atoms with Crippen molar-refractivity contribution in [3.63, 3.8) is 0 Å². The molecule has 0 spiro atoms. The quantitative estimate of drug-likeness (QED) is 0.594. The monoisotopic (exact) mass is 303 g/mol. The van der Waals surface area contributed by atoms with Crippen LogP contribution in [0.5, 0.6) is 5.88 Å². The fourth-order valence-electron chi connectivity index (χ4n) is 0.826. The van der Waals surface area contributed by atoms with Gasteiger partial charge < -0.3 is 8.60 Å². The molecule has 0 aromatic carbocycles. The third-order valence-corrected chi connectivity index (χ3v) is 2.77. The summed E-state index contributed by atoms with van der Waals surface area (Å²) in [6.07, 6.45) is -1.05. The van der Waals surface area contributed by atoms with Gasteiger partial charge in [0.1, 0.15) is 0 Å². The Bertz CT molecular complexity index is 536. The summed E-state index contributed by atoms with van der Waals surface area (Å²) in [5.74, 6) is -1.79. The van der Waals surface area contributed by atoms with Crippen LogP contribution in [0.1, 0.15) is 6.42 Å². The third kappa shape index (κ3) is 5.45. The average molecular weight is 303 g/mol. The number of rotatable bonds is 6. The minimum atomic E-state index is -3.71. The molecule has 0 fully saturated rings. The second kappa shape index (κ2) is 6.14. The molecule has 0 bridgehead atoms. The predicted molar refractivity (Wildman–Crippen MR) is 57.7 cm³/mol. The lowest BCUT2D eigenvalue weighted by atomic mass is 10.4. The van der Waals surface area contributed by atoms with Crippen LogP contribution < -0.4 is 4.18 Å². The molecular formula is C8H8F3NO4S2. The van der Waals surface area contributed by atoms with Crippen molar-refractivity contribution >= 4 is 21.9 Å². The lowest BCUT2D eigenvalue weighted by Crippen LogP contribution is -2.05. The number of thioether (sulfide) groups is 1. The van der Waals surface area contributed by atoms with Crippen LogP contribution in [0.4, 0.5) is 13.2 Å². The van der Waals surface area contributed by atoms with Crippen LogP contribution in [-0.2, 0) is 10.1 Å². The highest BCUT2D eigenvalue weighted by Crippen LogP contribution is 2.24. The smallest absolute Gasteiger partial charge is 0.307 e. The molecule has 0 amide bonds. The molecule has 1 rings (SSSR count). The average Bonchev–Trinajstić information content (AvgIpc) is 2.62. The number of halogens is 3. The highest BCUT2D eigenvalue weighted by molar-refractivity contribution is 7.99. The highest BCUT2D eigenvalue weighted by Gasteiger charge is 2.11. The molecule has 0 aliphatic rings. The molecule has 0 aliphatic heterocycles. The van der Waals surface area contributed by atoms with Gasteiger partial charge in [-0.1, -0.05) is 11.8 Å². The largest absolute Gasteiger partial charge is 0.436 e. The van der Waals surface area contributed by atoms with E-state index in [1.54, 1.807) is 0 Å². The van der Waals surface area contributed by atoms with Gasteiger partial charge in [-0.05, 0) is 0 Å². The van der Waals surface area contributed by atoms with Crippen LogP contribution in [0, 0.1) is 0 Å². The molecule has 0 unspecified atom stereocenters. The van der Waals surface area contributed by atoms with E-state index in [0.29, 0.717) is 0 Å². The van der Waals surface area contributed by atoms with Gasteiger partial charge >= 0.3 is 16.2 Å². The van der Waals surface area contributed by atoms with E-state index in [-0.39, 0.29) is 16.9 Å². The highest BCUT2D eigenvalue weighted by atomic mass is 32.2. The zero-order valence-electron chi connectivity index (χ0n) is 9.02. The summed E-state index contributed by atoms with van der Waals surface area (Å²) >= 11 is 0.853. The molecule has 1 heterocycles. The second-order valence-electron chi connectivity index (χ2n) is 3.00. The van der Waals surface area contributed by atoms with Crippen LogP contribution in [-0.4, -0.2) is 25.4 Å². The first-order valence-electron chi connectivity index (χ1n) is 4.45. The van der Waals surface area contributed by atoms with Gasteiger partial charge in [0, 0.05) is 12.2 Å². The molecule has 1 aromatic heterocycles. The van der Waals surface area contributed by atoms with E-state index in [0.717, 1.165) is 24.3 Å². The first-order valence-corrected chi connectivity index (χ1v) is 7.25. The van der Waals surface area contributed by atoms with Crippen LogP contribution in [0.3, 0.4) is 0 Å². The van der Waals surface area contributed by atoms with Crippen LogP contribution in [0.2, 0.25) is 0 Å². The minimum Gasteiger partial charge on any atom is -0.436 e. The van der Waals surface area contributed by atoms with E-state index in [4.69, 9.17) is 4.42 Å². The molecule has 0 saturated carbocycles. The molecule has 5 nitrogen and oxygen atoms in total. The van der Waals surface area contributed by atoms with Crippen molar-refractivity contribution in [1.29, 1.82) is 0 Å². The maximum atomic E-state index is 12.4. The zero-order valence-corrected chi connectivity index (χ0v) is 10.7. The Morgan fingerprint density at radius 1 is 1.50 bits per heavy atom. The predicted octanol–water partition coefficient (Wildman–Crippen LogP) is 2.57. The molecule has 0 saturated heterocycles. The van der Waals surface area contributed by atoms with Crippen molar-refractivity contribution in [3.05, 3.63) is 18.2 Å². The number of oxazole rings is 1. The van der Waals surface area contributed by atoms with Crippen molar-refractivity contribution in [3.8, 4) is 5.88 Å². The molecule has 18 heavy (non-hydrogen) atoms. The summed E-state index contributed by atoms with van der Waals surface area (Å²) in [5, 5.41) is 0.000663. The van der Waals surface area contributed by atoms with Crippen molar-refractivity contribution in [2.45, 2.75) is 11.6 Å². The minimum absolute atomic E-state index is 0.000663. The number of aromatic nitrogens is 1. The Hall–Kier alpha value is -1.16. The van der Waals surface area contributed by atoms with Crippen molar-refractivity contribution in [2.24, 2.45) is 0 Å². The van der Waals surface area contributed by atoms with E-state index in [1.807, 2.05) is 0 Å². The summed E-state index contributed by atoms with van der Waals surface area (Å²) in [7, 11) is -3.71. The van der Waals surface area contributed by atoms with Gasteiger partial charge in [-0.2, -0.15) is 22.2 Å². The van der Waals surface area contributed by atoms with Gasteiger partial charge in [-0.25, -0.2) is 4.39 Å². The van der Waals surface area contributed by atoms with Gasteiger partial charge in [0.2, 0.25) is 0 Å². The SMILES string of the molecule is CS(=O)(=O)Oc1coc(SCCC(F)=C(F)F)n1. The summed E-state index contributed by atoms with van der Waals surface area (Å²) in [6, 6.07) is 0. The number of hydrogen-bond acceptors (Lipinski definition) is 6. The third-order valence-electron chi connectivity index (χ3n) is 1.45. The summed E-state index contributed by atoms with van der Waals surface area (Å²) < 4.78 is 66.5. The fourth-order valence-corrected chi connectivity index (χ4v) is 1.94. The molecule has 0 N–H and O–H groups in total. The first kappa shape index (κ1) is 14.9. The zero-order chi connectivity index (χ0) is 13.8. The Labute approximate surface area is 105 Å². The lowest BCUT2D eigenvalue weighted by Gasteiger charge is -1.95. The Morgan fingerprint density at radius 3 is 2.72 bits per heavy atom. The Balaban J connectivity index is 2.48. The van der Waals surface area contributed by atoms with E-state index in [2.05, 4.69) is 9.17 Å². The Morgan fingerprint density at radius 2 is 2.17 bits per heavy atom. The van der Waals surface area contributed by atoms with Crippen molar-refractivity contribution in [1.82, 2.24) is 4.98 Å². The van der Waals surface area contributed by atoms with Gasteiger partial charge in [0.25, 0.3) is 11.1 Å². The van der Waals surface area contributed by atoms with Gasteiger partial charge in [0.15, 0.2) is 12.1 Å². The van der Waals surface area contributed by atoms with Crippen molar-refractivity contribution in [2.75, 3.05) is 12.0 Å². The van der Waals surface area contributed by atoms with Crippen LogP contribution >= 0.6 is 11.8 Å². The summed E-state index contributed by atoms with van der Waals surface area (Å²) in [6.45, 7) is 0. The Kier molecular flexibility index (Phi) is 5.08. The number of nitrogens with zero attached hydrogens (tertiary/aromatic N) is 1. The summed E-state index contributed by atoms with van der Waals surface area (Å²) in [5.41, 5.74) is 0. The summed E-state index contributed by atoms with van der Waals surface area (Å²) in [4.78, 5) is 3.61. The normalized spacial score (nSPS) is 11.3. The maximum Gasteiger partial charge on any atom is 0.307 e. The van der Waals surface area contributed by atoms with E-state index >= 15 is 0 Å². The van der Waals surface area contributed by atoms with Crippen molar-refractivity contribution < 1.29 is 30.2 Å². The van der Waals surface area contributed by atoms with E-state index in [1.165, 1.54) is 0 Å². The van der Waals surface area contributed by atoms with E-state index in [9.17, 15) is 21.6 Å². The van der Waals surface area contributed by atoms with E-state index < -0.39 is 28.4 Å².